The summed E-state index contributed by atoms with van der Waals surface area (Å²) >= 11 is 0. The van der Waals surface area contributed by atoms with Gasteiger partial charge in [0.05, 0.1) is 5.54 Å². The monoisotopic (exact) mass is 275 g/mol. The molecule has 2 fully saturated rings. The second-order valence-corrected chi connectivity index (χ2v) is 5.86. The van der Waals surface area contributed by atoms with Crippen LogP contribution in [0.15, 0.2) is 23.1 Å². The van der Waals surface area contributed by atoms with Crippen molar-refractivity contribution in [3.63, 3.8) is 0 Å². The summed E-state index contributed by atoms with van der Waals surface area (Å²) in [6, 6.07) is 3.10. The Balaban J connectivity index is 1.89. The molecule has 1 aliphatic carbocycles. The smallest absolute Gasteiger partial charge is 0.254 e. The van der Waals surface area contributed by atoms with Gasteiger partial charge in [-0.25, -0.2) is 0 Å². The van der Waals surface area contributed by atoms with E-state index >= 15 is 0 Å². The zero-order chi connectivity index (χ0) is 14.0. The molecule has 2 N–H and O–H groups in total. The fourth-order valence-corrected chi connectivity index (χ4v) is 3.55. The van der Waals surface area contributed by atoms with Crippen molar-refractivity contribution in [3.8, 4) is 0 Å². The van der Waals surface area contributed by atoms with Crippen molar-refractivity contribution in [1.82, 2.24) is 15.2 Å². The van der Waals surface area contributed by atoms with E-state index < -0.39 is 0 Å². The summed E-state index contributed by atoms with van der Waals surface area (Å²) in [6.45, 7) is 2.43. The number of rotatable bonds is 1. The van der Waals surface area contributed by atoms with E-state index in [0.29, 0.717) is 5.56 Å². The molecule has 1 aliphatic heterocycles. The fraction of sp³-hybridized carbons (Fsp3) is 0.600. The van der Waals surface area contributed by atoms with Gasteiger partial charge in [-0.05, 0) is 18.9 Å². The van der Waals surface area contributed by atoms with Crippen LogP contribution in [0.3, 0.4) is 0 Å². The van der Waals surface area contributed by atoms with Gasteiger partial charge >= 0.3 is 0 Å². The van der Waals surface area contributed by atoms with E-state index in [9.17, 15) is 9.59 Å². The van der Waals surface area contributed by atoms with Crippen LogP contribution in [0.1, 0.15) is 42.5 Å². The first-order chi connectivity index (χ1) is 9.71. The second-order valence-electron chi connectivity index (χ2n) is 5.86. The maximum absolute atomic E-state index is 12.8. The van der Waals surface area contributed by atoms with Crippen LogP contribution in [0.5, 0.6) is 0 Å². The predicted octanol–water partition coefficient (Wildman–Crippen LogP) is 1.12. The van der Waals surface area contributed by atoms with E-state index in [1.807, 2.05) is 4.90 Å². The van der Waals surface area contributed by atoms with Crippen molar-refractivity contribution in [1.29, 1.82) is 0 Å². The van der Waals surface area contributed by atoms with Crippen LogP contribution in [-0.4, -0.2) is 41.0 Å². The molecule has 0 atom stereocenters. The number of nitrogens with one attached hydrogen (secondary N) is 2. The van der Waals surface area contributed by atoms with Crippen LogP contribution < -0.4 is 10.9 Å². The number of hydrogen-bond acceptors (Lipinski definition) is 3. The number of carbonyl (C=O) groups excluding carboxylic acids is 1. The normalized spacial score (nSPS) is 21.9. The van der Waals surface area contributed by atoms with Crippen molar-refractivity contribution in [2.24, 2.45) is 0 Å². The molecule has 20 heavy (non-hydrogen) atoms. The van der Waals surface area contributed by atoms with E-state index in [2.05, 4.69) is 10.3 Å². The minimum absolute atomic E-state index is 0.000463. The lowest BCUT2D eigenvalue weighted by Gasteiger charge is -2.49. The van der Waals surface area contributed by atoms with Gasteiger partial charge in [-0.2, -0.15) is 0 Å². The Morgan fingerprint density at radius 1 is 1.25 bits per heavy atom. The number of H-pyrrole nitrogens is 1. The molecule has 1 spiro atoms. The Kier molecular flexibility index (Phi) is 3.61. The molecule has 0 radical (unpaired) electrons. The number of piperazine rings is 1. The van der Waals surface area contributed by atoms with Crippen LogP contribution in [0.25, 0.3) is 0 Å². The number of hydrogen-bond donors (Lipinski definition) is 2. The van der Waals surface area contributed by atoms with Gasteiger partial charge in [0.25, 0.3) is 5.91 Å². The van der Waals surface area contributed by atoms with Crippen LogP contribution >= 0.6 is 0 Å². The highest BCUT2D eigenvalue weighted by Gasteiger charge is 2.42. The van der Waals surface area contributed by atoms with E-state index in [0.717, 1.165) is 32.5 Å². The predicted molar refractivity (Wildman–Crippen MR) is 76.8 cm³/mol. The van der Waals surface area contributed by atoms with E-state index in [1.54, 1.807) is 12.3 Å². The molecule has 3 rings (SSSR count). The molecule has 0 aromatic carbocycles. The molecule has 1 amide bonds. The van der Waals surface area contributed by atoms with Crippen LogP contribution in [0.4, 0.5) is 0 Å². The third-order valence-electron chi connectivity index (χ3n) is 4.59. The molecule has 1 aromatic rings. The largest absolute Gasteiger partial charge is 0.330 e. The molecule has 1 saturated heterocycles. The lowest BCUT2D eigenvalue weighted by atomic mass is 9.78. The lowest BCUT2D eigenvalue weighted by Crippen LogP contribution is -2.63. The number of pyridine rings is 1. The van der Waals surface area contributed by atoms with E-state index in [4.69, 9.17) is 0 Å². The van der Waals surface area contributed by atoms with Crippen molar-refractivity contribution in [3.05, 3.63) is 34.2 Å². The van der Waals surface area contributed by atoms with Crippen molar-refractivity contribution in [2.75, 3.05) is 19.6 Å². The first kappa shape index (κ1) is 13.4. The number of carbonyl (C=O) groups is 1. The third kappa shape index (κ3) is 2.38. The summed E-state index contributed by atoms with van der Waals surface area (Å²) in [5.74, 6) is -0.000463. The molecule has 1 saturated carbocycles. The Bertz CT molecular complexity index is 538. The first-order valence-electron chi connectivity index (χ1n) is 7.43. The molecule has 1 aromatic heterocycles. The summed E-state index contributed by atoms with van der Waals surface area (Å²) in [6.07, 6.45) is 7.30. The zero-order valence-corrected chi connectivity index (χ0v) is 11.7. The number of nitrogens with zero attached hydrogens (tertiary/aromatic N) is 1. The van der Waals surface area contributed by atoms with E-state index in [1.165, 1.54) is 25.3 Å². The average Bonchev–Trinajstić information content (AvgIpc) is 2.48. The molecule has 0 unspecified atom stereocenters. The molecule has 2 aliphatic rings. The average molecular weight is 275 g/mol. The summed E-state index contributed by atoms with van der Waals surface area (Å²) in [4.78, 5) is 28.8. The fourth-order valence-electron chi connectivity index (χ4n) is 3.55. The second kappa shape index (κ2) is 5.40. The first-order valence-corrected chi connectivity index (χ1v) is 7.43. The van der Waals surface area contributed by atoms with Gasteiger partial charge in [0.2, 0.25) is 5.56 Å². The SMILES string of the molecule is O=C(c1cc[nH]c(=O)c1)N1CCNCC12CCCCC2. The molecule has 0 bridgehead atoms. The molecular formula is C15H21N3O2. The maximum Gasteiger partial charge on any atom is 0.254 e. The maximum atomic E-state index is 12.8. The number of aromatic amines is 1. The third-order valence-corrected chi connectivity index (χ3v) is 4.59. The van der Waals surface area contributed by atoms with Crippen LogP contribution in [-0.2, 0) is 0 Å². The van der Waals surface area contributed by atoms with Gasteiger partial charge in [0.1, 0.15) is 0 Å². The molecule has 108 valence electrons. The van der Waals surface area contributed by atoms with Gasteiger partial charge in [0, 0.05) is 37.5 Å². The Morgan fingerprint density at radius 2 is 2.05 bits per heavy atom. The summed E-state index contributed by atoms with van der Waals surface area (Å²) in [7, 11) is 0. The minimum atomic E-state index is -0.219. The highest BCUT2D eigenvalue weighted by atomic mass is 16.2. The molecule has 2 heterocycles. The lowest BCUT2D eigenvalue weighted by molar-refractivity contribution is 0.0222. The highest BCUT2D eigenvalue weighted by molar-refractivity contribution is 5.94. The Morgan fingerprint density at radius 3 is 2.80 bits per heavy atom. The Labute approximate surface area is 118 Å². The highest BCUT2D eigenvalue weighted by Crippen LogP contribution is 2.35. The van der Waals surface area contributed by atoms with Crippen LogP contribution in [0.2, 0.25) is 0 Å². The van der Waals surface area contributed by atoms with Gasteiger partial charge in [0.15, 0.2) is 0 Å². The summed E-state index contributed by atoms with van der Waals surface area (Å²) in [5.41, 5.74) is 0.236. The topological polar surface area (TPSA) is 65.2 Å². The molecule has 5 nitrogen and oxygen atoms in total. The van der Waals surface area contributed by atoms with Crippen molar-refractivity contribution < 1.29 is 4.79 Å². The van der Waals surface area contributed by atoms with Crippen LogP contribution in [0, 0.1) is 0 Å². The summed E-state index contributed by atoms with van der Waals surface area (Å²) in [5, 5.41) is 3.43. The van der Waals surface area contributed by atoms with Gasteiger partial charge in [-0.15, -0.1) is 0 Å². The van der Waals surface area contributed by atoms with Gasteiger partial charge in [-0.3, -0.25) is 9.59 Å². The molecule has 5 heteroatoms. The Hall–Kier alpha value is -1.62. The quantitative estimate of drug-likeness (QED) is 0.807. The van der Waals surface area contributed by atoms with Gasteiger partial charge < -0.3 is 15.2 Å². The standard InChI is InChI=1S/C15H21N3O2/c19-13-10-12(4-7-17-13)14(20)18-9-8-16-11-15(18)5-2-1-3-6-15/h4,7,10,16H,1-3,5-6,8-9,11H2,(H,17,19). The minimum Gasteiger partial charge on any atom is -0.330 e. The van der Waals surface area contributed by atoms with E-state index in [-0.39, 0.29) is 17.0 Å². The number of amides is 1. The van der Waals surface area contributed by atoms with Gasteiger partial charge in [-0.1, -0.05) is 19.3 Å². The number of aromatic nitrogens is 1. The van der Waals surface area contributed by atoms with Crippen molar-refractivity contribution in [2.45, 2.75) is 37.6 Å². The summed E-state index contributed by atoms with van der Waals surface area (Å²) < 4.78 is 0. The molecular weight excluding hydrogens is 254 g/mol. The zero-order valence-electron chi connectivity index (χ0n) is 11.7. The van der Waals surface area contributed by atoms with Crippen molar-refractivity contribution >= 4 is 5.91 Å².